The number of ether oxygens (including phenoxy) is 2. The maximum absolute atomic E-state index is 5.64. The fourth-order valence-corrected chi connectivity index (χ4v) is 3.30. The van der Waals surface area contributed by atoms with E-state index in [2.05, 4.69) is 10.2 Å². The highest BCUT2D eigenvalue weighted by Crippen LogP contribution is 2.27. The van der Waals surface area contributed by atoms with Gasteiger partial charge < -0.3 is 14.8 Å². The molecule has 3 rings (SSSR count). The molecule has 3 atom stereocenters. The standard InChI is InChI=1S/C12H22N2O2/c1-2-10-6-13-7-12(10)14(4-1)8-11-3-5-15-9-16-11/h10-13H,1-9H2. The van der Waals surface area contributed by atoms with Crippen molar-refractivity contribution in [2.45, 2.75) is 31.4 Å². The van der Waals surface area contributed by atoms with E-state index in [1.54, 1.807) is 0 Å². The molecule has 3 unspecified atom stereocenters. The van der Waals surface area contributed by atoms with Crippen LogP contribution in [0.15, 0.2) is 0 Å². The Labute approximate surface area is 97.3 Å². The second kappa shape index (κ2) is 5.00. The SMILES string of the molecule is C1CC2CNCC2N(CC2CCOCO2)C1. The predicted octanol–water partition coefficient (Wildman–Crippen LogP) is 0.433. The van der Waals surface area contributed by atoms with Gasteiger partial charge in [0, 0.05) is 19.1 Å². The van der Waals surface area contributed by atoms with Crippen molar-refractivity contribution in [2.24, 2.45) is 5.92 Å². The van der Waals surface area contributed by atoms with E-state index in [1.807, 2.05) is 0 Å². The lowest BCUT2D eigenvalue weighted by Crippen LogP contribution is -2.49. The van der Waals surface area contributed by atoms with Crippen molar-refractivity contribution in [3.05, 3.63) is 0 Å². The van der Waals surface area contributed by atoms with E-state index in [-0.39, 0.29) is 0 Å². The average molecular weight is 226 g/mol. The minimum Gasteiger partial charge on any atom is -0.355 e. The molecule has 3 saturated heterocycles. The normalized spacial score (nSPS) is 40.9. The number of nitrogens with one attached hydrogen (secondary N) is 1. The van der Waals surface area contributed by atoms with E-state index in [0.717, 1.165) is 31.5 Å². The number of nitrogens with zero attached hydrogens (tertiary/aromatic N) is 1. The zero-order chi connectivity index (χ0) is 10.8. The summed E-state index contributed by atoms with van der Waals surface area (Å²) in [5.74, 6) is 0.883. The van der Waals surface area contributed by atoms with Crippen LogP contribution in [0.5, 0.6) is 0 Å². The third-order valence-electron chi connectivity index (χ3n) is 4.20. The van der Waals surface area contributed by atoms with Crippen LogP contribution in [0.25, 0.3) is 0 Å². The van der Waals surface area contributed by atoms with E-state index in [4.69, 9.17) is 9.47 Å². The zero-order valence-electron chi connectivity index (χ0n) is 9.86. The minimum absolute atomic E-state index is 0.396. The van der Waals surface area contributed by atoms with Gasteiger partial charge in [0.1, 0.15) is 6.79 Å². The van der Waals surface area contributed by atoms with Crippen LogP contribution in [0.4, 0.5) is 0 Å². The number of fused-ring (bicyclic) bond motifs is 1. The van der Waals surface area contributed by atoms with Gasteiger partial charge >= 0.3 is 0 Å². The molecule has 0 radical (unpaired) electrons. The fraction of sp³-hybridized carbons (Fsp3) is 1.00. The molecule has 4 heteroatoms. The predicted molar refractivity (Wildman–Crippen MR) is 61.3 cm³/mol. The molecule has 0 saturated carbocycles. The van der Waals surface area contributed by atoms with E-state index < -0.39 is 0 Å². The van der Waals surface area contributed by atoms with Gasteiger partial charge in [-0.15, -0.1) is 0 Å². The van der Waals surface area contributed by atoms with Gasteiger partial charge in [0.05, 0.1) is 12.7 Å². The third-order valence-corrected chi connectivity index (χ3v) is 4.20. The molecular formula is C12H22N2O2. The Morgan fingerprint density at radius 1 is 1.25 bits per heavy atom. The highest BCUT2D eigenvalue weighted by atomic mass is 16.7. The fourth-order valence-electron chi connectivity index (χ4n) is 3.30. The van der Waals surface area contributed by atoms with Crippen LogP contribution in [0, 0.1) is 5.92 Å². The Morgan fingerprint density at radius 2 is 2.25 bits per heavy atom. The molecule has 0 amide bonds. The Bertz CT molecular complexity index is 231. The summed E-state index contributed by atoms with van der Waals surface area (Å²) >= 11 is 0. The summed E-state index contributed by atoms with van der Waals surface area (Å²) in [4.78, 5) is 2.64. The largest absolute Gasteiger partial charge is 0.355 e. The van der Waals surface area contributed by atoms with Crippen molar-refractivity contribution in [3.8, 4) is 0 Å². The van der Waals surface area contributed by atoms with Crippen molar-refractivity contribution in [1.82, 2.24) is 10.2 Å². The first-order valence-electron chi connectivity index (χ1n) is 6.57. The van der Waals surface area contributed by atoms with E-state index in [1.165, 1.54) is 32.5 Å². The topological polar surface area (TPSA) is 33.7 Å². The van der Waals surface area contributed by atoms with Gasteiger partial charge in [0.2, 0.25) is 0 Å². The zero-order valence-corrected chi connectivity index (χ0v) is 9.86. The molecule has 3 aliphatic heterocycles. The number of rotatable bonds is 2. The van der Waals surface area contributed by atoms with Crippen molar-refractivity contribution < 1.29 is 9.47 Å². The molecule has 0 aromatic heterocycles. The number of likely N-dealkylation sites (tertiary alicyclic amines) is 1. The Morgan fingerprint density at radius 3 is 3.12 bits per heavy atom. The van der Waals surface area contributed by atoms with E-state index in [0.29, 0.717) is 12.9 Å². The molecule has 92 valence electrons. The summed E-state index contributed by atoms with van der Waals surface area (Å²) in [6.07, 6.45) is 4.21. The van der Waals surface area contributed by atoms with Crippen LogP contribution in [-0.2, 0) is 9.47 Å². The van der Waals surface area contributed by atoms with Gasteiger partial charge in [-0.25, -0.2) is 0 Å². The van der Waals surface area contributed by atoms with Gasteiger partial charge in [-0.2, -0.15) is 0 Å². The highest BCUT2D eigenvalue weighted by molar-refractivity contribution is 4.92. The molecule has 3 aliphatic rings. The van der Waals surface area contributed by atoms with Crippen LogP contribution >= 0.6 is 0 Å². The average Bonchev–Trinajstić information content (AvgIpc) is 2.80. The first-order chi connectivity index (χ1) is 7.93. The number of hydrogen-bond acceptors (Lipinski definition) is 4. The second-order valence-electron chi connectivity index (χ2n) is 5.23. The van der Waals surface area contributed by atoms with Gasteiger partial charge in [0.15, 0.2) is 0 Å². The first-order valence-corrected chi connectivity index (χ1v) is 6.57. The molecule has 16 heavy (non-hydrogen) atoms. The lowest BCUT2D eigenvalue weighted by atomic mass is 9.91. The smallest absolute Gasteiger partial charge is 0.147 e. The Hall–Kier alpha value is -0.160. The van der Waals surface area contributed by atoms with Crippen molar-refractivity contribution >= 4 is 0 Å². The molecule has 0 aromatic carbocycles. The second-order valence-corrected chi connectivity index (χ2v) is 5.23. The molecule has 1 N–H and O–H groups in total. The minimum atomic E-state index is 0.396. The van der Waals surface area contributed by atoms with Crippen LogP contribution < -0.4 is 5.32 Å². The quantitative estimate of drug-likeness (QED) is 0.740. The monoisotopic (exact) mass is 226 g/mol. The van der Waals surface area contributed by atoms with Gasteiger partial charge in [-0.05, 0) is 38.3 Å². The molecule has 0 aliphatic carbocycles. The molecule has 0 aromatic rings. The molecule has 0 spiro atoms. The molecular weight excluding hydrogens is 204 g/mol. The summed E-state index contributed by atoms with van der Waals surface area (Å²) in [6.45, 7) is 6.11. The van der Waals surface area contributed by atoms with Crippen LogP contribution in [0.1, 0.15) is 19.3 Å². The van der Waals surface area contributed by atoms with Crippen LogP contribution in [-0.4, -0.2) is 56.6 Å². The van der Waals surface area contributed by atoms with Crippen molar-refractivity contribution in [2.75, 3.05) is 39.6 Å². The maximum atomic E-state index is 5.64. The summed E-state index contributed by atoms with van der Waals surface area (Å²) in [7, 11) is 0. The van der Waals surface area contributed by atoms with Crippen molar-refractivity contribution in [1.29, 1.82) is 0 Å². The summed E-state index contributed by atoms with van der Waals surface area (Å²) in [6, 6.07) is 0.764. The maximum Gasteiger partial charge on any atom is 0.147 e. The van der Waals surface area contributed by atoms with Gasteiger partial charge in [-0.1, -0.05) is 0 Å². The van der Waals surface area contributed by atoms with Gasteiger partial charge in [-0.3, -0.25) is 4.90 Å². The molecule has 0 bridgehead atoms. The van der Waals surface area contributed by atoms with E-state index in [9.17, 15) is 0 Å². The van der Waals surface area contributed by atoms with E-state index >= 15 is 0 Å². The Kier molecular flexibility index (Phi) is 3.43. The summed E-state index contributed by atoms with van der Waals surface area (Å²) in [5, 5.41) is 3.52. The van der Waals surface area contributed by atoms with Crippen molar-refractivity contribution in [3.63, 3.8) is 0 Å². The third kappa shape index (κ3) is 2.25. The van der Waals surface area contributed by atoms with Crippen LogP contribution in [0.2, 0.25) is 0 Å². The molecule has 3 fully saturated rings. The molecule has 4 nitrogen and oxygen atoms in total. The molecule has 3 heterocycles. The first kappa shape index (κ1) is 11.0. The lowest BCUT2D eigenvalue weighted by Gasteiger charge is -2.39. The summed E-state index contributed by atoms with van der Waals surface area (Å²) in [5.41, 5.74) is 0. The lowest BCUT2D eigenvalue weighted by molar-refractivity contribution is -0.147. The number of hydrogen-bond donors (Lipinski definition) is 1. The van der Waals surface area contributed by atoms with Crippen LogP contribution in [0.3, 0.4) is 0 Å². The summed E-state index contributed by atoms with van der Waals surface area (Å²) < 4.78 is 10.9. The Balaban J connectivity index is 1.56. The number of piperidine rings is 1. The van der Waals surface area contributed by atoms with Gasteiger partial charge in [0.25, 0.3) is 0 Å². The highest BCUT2D eigenvalue weighted by Gasteiger charge is 2.35.